The van der Waals surface area contributed by atoms with Crippen LogP contribution >= 0.6 is 34.9 Å². The Hall–Kier alpha value is -1.59. The zero-order valence-corrected chi connectivity index (χ0v) is 15.9. The van der Waals surface area contributed by atoms with Gasteiger partial charge in [-0.05, 0) is 0 Å². The molecule has 2 rings (SSSR count). The van der Waals surface area contributed by atoms with Crippen LogP contribution in [0.5, 0.6) is 0 Å². The molecule has 0 saturated heterocycles. The van der Waals surface area contributed by atoms with Gasteiger partial charge in [0.1, 0.15) is 11.3 Å². The Kier molecular flexibility index (Phi) is 9.37. The normalized spacial score (nSPS) is 11.6. The van der Waals surface area contributed by atoms with Crippen molar-refractivity contribution in [2.45, 2.75) is 11.5 Å². The molecule has 0 radical (unpaired) electrons. The molecule has 8 nitrogen and oxygen atoms in total. The van der Waals surface area contributed by atoms with E-state index in [1.807, 2.05) is 11.4 Å². The van der Waals surface area contributed by atoms with E-state index in [2.05, 4.69) is 20.4 Å². The predicted molar refractivity (Wildman–Crippen MR) is 103 cm³/mol. The van der Waals surface area contributed by atoms with Crippen molar-refractivity contribution in [1.82, 2.24) is 15.5 Å². The van der Waals surface area contributed by atoms with E-state index in [4.69, 9.17) is 4.52 Å². The first-order chi connectivity index (χ1) is 12.2. The van der Waals surface area contributed by atoms with Crippen LogP contribution in [0.15, 0.2) is 33.4 Å². The molecular weight excluding hydrogens is 382 g/mol. The van der Waals surface area contributed by atoms with E-state index >= 15 is 0 Å². The molecule has 0 bridgehead atoms. The van der Waals surface area contributed by atoms with Crippen molar-refractivity contribution < 1.29 is 9.45 Å². The third kappa shape index (κ3) is 8.89. The van der Waals surface area contributed by atoms with E-state index in [0.29, 0.717) is 18.9 Å². The van der Waals surface area contributed by atoms with E-state index < -0.39 is 0 Å². The van der Waals surface area contributed by atoms with Crippen molar-refractivity contribution in [3.05, 3.63) is 44.7 Å². The fourth-order valence-electron chi connectivity index (χ4n) is 1.77. The van der Waals surface area contributed by atoms with Crippen LogP contribution in [0.3, 0.4) is 0 Å². The van der Waals surface area contributed by atoms with Crippen molar-refractivity contribution in [1.29, 1.82) is 0 Å². The first-order valence-corrected chi connectivity index (χ1v) is 10.7. The third-order valence-electron chi connectivity index (χ3n) is 2.84. The standard InChI is InChI=1S/C14H19N5O3S3/c20-19(21)9-13(15-2-6-23-10-12-1-5-22-18-12)16-3-7-24-11-14-17-4-8-25-14/h1,4-5,8H,2-3,6-7,9-11H2,(H,15,16). The molecule has 0 fully saturated rings. The van der Waals surface area contributed by atoms with Crippen LogP contribution in [-0.4, -0.2) is 52.0 Å². The summed E-state index contributed by atoms with van der Waals surface area (Å²) in [5.74, 6) is 3.66. The highest BCUT2D eigenvalue weighted by Gasteiger charge is 2.07. The molecule has 1 N–H and O–H groups in total. The number of nitro groups is 1. The second-order valence-electron chi connectivity index (χ2n) is 4.77. The molecule has 0 unspecified atom stereocenters. The summed E-state index contributed by atoms with van der Waals surface area (Å²) in [6, 6.07) is 1.82. The fraction of sp³-hybridized carbons (Fsp3) is 0.500. The summed E-state index contributed by atoms with van der Waals surface area (Å²) in [4.78, 5) is 18.9. The SMILES string of the molecule is O=[N+]([O-])CC(=NCCSCc1nccs1)NCCSCc1ccon1. The van der Waals surface area contributed by atoms with Crippen molar-refractivity contribution in [2.75, 3.05) is 31.1 Å². The Morgan fingerprint density at radius 2 is 2.28 bits per heavy atom. The quantitative estimate of drug-likeness (QED) is 0.190. The fourth-order valence-corrected chi connectivity index (χ4v) is 4.05. The van der Waals surface area contributed by atoms with Gasteiger partial charge in [-0.15, -0.1) is 11.3 Å². The van der Waals surface area contributed by atoms with Crippen LogP contribution < -0.4 is 5.32 Å². The van der Waals surface area contributed by atoms with Gasteiger partial charge in [-0.25, -0.2) is 4.98 Å². The molecule has 0 spiro atoms. The summed E-state index contributed by atoms with van der Waals surface area (Å²) in [7, 11) is 0. The zero-order chi connectivity index (χ0) is 17.7. The largest absolute Gasteiger partial charge is 0.368 e. The van der Waals surface area contributed by atoms with Crippen LogP contribution in [0.1, 0.15) is 10.7 Å². The van der Waals surface area contributed by atoms with Crippen LogP contribution in [0.2, 0.25) is 0 Å². The van der Waals surface area contributed by atoms with Crippen LogP contribution in [0.4, 0.5) is 0 Å². The number of thioether (sulfide) groups is 2. The van der Waals surface area contributed by atoms with E-state index in [1.165, 1.54) is 0 Å². The second kappa shape index (κ2) is 11.9. The van der Waals surface area contributed by atoms with Gasteiger partial charge in [0, 0.05) is 52.1 Å². The molecule has 2 heterocycles. The highest BCUT2D eigenvalue weighted by Crippen LogP contribution is 2.13. The van der Waals surface area contributed by atoms with Crippen molar-refractivity contribution in [3.8, 4) is 0 Å². The molecule has 25 heavy (non-hydrogen) atoms. The maximum Gasteiger partial charge on any atom is 0.259 e. The monoisotopic (exact) mass is 401 g/mol. The Labute approximate surface area is 158 Å². The van der Waals surface area contributed by atoms with Gasteiger partial charge in [0.2, 0.25) is 0 Å². The first-order valence-electron chi connectivity index (χ1n) is 7.56. The molecule has 11 heteroatoms. The summed E-state index contributed by atoms with van der Waals surface area (Å²) in [5, 5.41) is 20.7. The van der Waals surface area contributed by atoms with E-state index in [0.717, 1.165) is 33.7 Å². The molecular formula is C14H19N5O3S3. The number of thiazole rings is 1. The van der Waals surface area contributed by atoms with Crippen molar-refractivity contribution >= 4 is 40.7 Å². The number of aromatic nitrogens is 2. The first kappa shape index (κ1) is 19.7. The van der Waals surface area contributed by atoms with Gasteiger partial charge in [0.25, 0.3) is 6.54 Å². The molecule has 0 aliphatic heterocycles. The highest BCUT2D eigenvalue weighted by molar-refractivity contribution is 7.98. The maximum absolute atomic E-state index is 10.7. The highest BCUT2D eigenvalue weighted by atomic mass is 32.2. The van der Waals surface area contributed by atoms with Gasteiger partial charge in [-0.1, -0.05) is 5.16 Å². The Balaban J connectivity index is 1.61. The number of nitrogens with zero attached hydrogens (tertiary/aromatic N) is 4. The maximum atomic E-state index is 10.7. The minimum Gasteiger partial charge on any atom is -0.368 e. The van der Waals surface area contributed by atoms with Crippen molar-refractivity contribution in [2.24, 2.45) is 4.99 Å². The van der Waals surface area contributed by atoms with Crippen LogP contribution in [0.25, 0.3) is 0 Å². The van der Waals surface area contributed by atoms with Crippen LogP contribution in [0, 0.1) is 10.1 Å². The number of nitrogens with one attached hydrogen (secondary N) is 1. The average molecular weight is 402 g/mol. The van der Waals surface area contributed by atoms with E-state index in [-0.39, 0.29) is 11.5 Å². The molecule has 0 saturated carbocycles. The predicted octanol–water partition coefficient (Wildman–Crippen LogP) is 2.56. The molecule has 0 aliphatic carbocycles. The topological polar surface area (TPSA) is 106 Å². The lowest BCUT2D eigenvalue weighted by molar-refractivity contribution is -0.463. The minimum absolute atomic E-state index is 0.273. The number of amidine groups is 1. The Morgan fingerprint density at radius 1 is 1.40 bits per heavy atom. The molecule has 0 aromatic carbocycles. The van der Waals surface area contributed by atoms with Gasteiger partial charge in [0.15, 0.2) is 5.84 Å². The number of hydrogen-bond donors (Lipinski definition) is 1. The average Bonchev–Trinajstić information content (AvgIpc) is 3.27. The molecule has 136 valence electrons. The molecule has 0 atom stereocenters. The summed E-state index contributed by atoms with van der Waals surface area (Å²) >= 11 is 5.04. The lowest BCUT2D eigenvalue weighted by Crippen LogP contribution is -2.32. The van der Waals surface area contributed by atoms with Gasteiger partial charge in [-0.2, -0.15) is 23.5 Å². The number of rotatable bonds is 12. The lowest BCUT2D eigenvalue weighted by atomic mass is 10.5. The molecule has 2 aromatic rings. The summed E-state index contributed by atoms with van der Waals surface area (Å²) in [6.07, 6.45) is 3.33. The zero-order valence-electron chi connectivity index (χ0n) is 13.5. The number of hydrogen-bond acceptors (Lipinski definition) is 9. The molecule has 2 aromatic heterocycles. The summed E-state index contributed by atoms with van der Waals surface area (Å²) in [5.41, 5.74) is 0.890. The smallest absolute Gasteiger partial charge is 0.259 e. The van der Waals surface area contributed by atoms with Crippen molar-refractivity contribution in [3.63, 3.8) is 0 Å². The van der Waals surface area contributed by atoms with E-state index in [9.17, 15) is 10.1 Å². The Bertz CT molecular complexity index is 634. The Morgan fingerprint density at radius 3 is 3.00 bits per heavy atom. The summed E-state index contributed by atoms with van der Waals surface area (Å²) in [6.45, 7) is 0.908. The summed E-state index contributed by atoms with van der Waals surface area (Å²) < 4.78 is 4.76. The lowest BCUT2D eigenvalue weighted by Gasteiger charge is -2.06. The number of aliphatic imine (C=N–C) groups is 1. The van der Waals surface area contributed by atoms with Gasteiger partial charge >= 0.3 is 0 Å². The van der Waals surface area contributed by atoms with Gasteiger partial charge in [0.05, 0.1) is 12.2 Å². The van der Waals surface area contributed by atoms with Gasteiger partial charge < -0.3 is 9.84 Å². The molecule has 0 amide bonds. The third-order valence-corrected chi connectivity index (χ3v) is 5.75. The second-order valence-corrected chi connectivity index (χ2v) is 7.96. The minimum atomic E-state index is -0.364. The van der Waals surface area contributed by atoms with Gasteiger partial charge in [-0.3, -0.25) is 15.1 Å². The molecule has 0 aliphatic rings. The van der Waals surface area contributed by atoms with E-state index in [1.54, 1.807) is 47.3 Å². The van der Waals surface area contributed by atoms with Crippen LogP contribution in [-0.2, 0) is 11.5 Å².